The van der Waals surface area contributed by atoms with Crippen LogP contribution in [0, 0.1) is 0 Å². The van der Waals surface area contributed by atoms with Crippen molar-refractivity contribution < 1.29 is 9.53 Å². The predicted molar refractivity (Wildman–Crippen MR) is 98.0 cm³/mol. The zero-order valence-corrected chi connectivity index (χ0v) is 14.3. The van der Waals surface area contributed by atoms with E-state index in [1.165, 1.54) is 0 Å². The lowest BCUT2D eigenvalue weighted by Crippen LogP contribution is -2.15. The average molecular weight is 332 g/mol. The van der Waals surface area contributed by atoms with Gasteiger partial charge in [0.2, 0.25) is 0 Å². The van der Waals surface area contributed by atoms with Gasteiger partial charge in [-0.05, 0) is 13.8 Å². The summed E-state index contributed by atoms with van der Waals surface area (Å²) in [7, 11) is 0. The van der Waals surface area contributed by atoms with Crippen LogP contribution in [0.3, 0.4) is 0 Å². The number of ether oxygens (including phenoxy) is 1. The number of hydrogen-bond donors (Lipinski definition) is 0. The summed E-state index contributed by atoms with van der Waals surface area (Å²) in [4.78, 5) is 21.4. The summed E-state index contributed by atoms with van der Waals surface area (Å²) < 4.78 is 5.11. The third-order valence-electron chi connectivity index (χ3n) is 3.97. The van der Waals surface area contributed by atoms with E-state index in [0.717, 1.165) is 22.5 Å². The maximum absolute atomic E-state index is 12.1. The van der Waals surface area contributed by atoms with Crippen LogP contribution >= 0.6 is 0 Å². The van der Waals surface area contributed by atoms with Gasteiger partial charge in [-0.1, -0.05) is 60.7 Å². The van der Waals surface area contributed by atoms with Gasteiger partial charge in [-0.15, -0.1) is 0 Å². The molecule has 0 bridgehead atoms. The maximum atomic E-state index is 12.1. The SMILES string of the molecule is CCOC(=O)C(C)c1cnc(-c2ccccc2)c(-c2ccccc2)n1. The highest BCUT2D eigenvalue weighted by atomic mass is 16.5. The number of nitrogens with zero attached hydrogens (tertiary/aromatic N) is 2. The van der Waals surface area contributed by atoms with E-state index in [-0.39, 0.29) is 5.97 Å². The summed E-state index contributed by atoms with van der Waals surface area (Å²) in [5.41, 5.74) is 4.12. The summed E-state index contributed by atoms with van der Waals surface area (Å²) in [6.45, 7) is 3.94. The van der Waals surface area contributed by atoms with Crippen molar-refractivity contribution in [2.45, 2.75) is 19.8 Å². The second-order valence-electron chi connectivity index (χ2n) is 5.70. The van der Waals surface area contributed by atoms with Gasteiger partial charge in [0, 0.05) is 11.1 Å². The van der Waals surface area contributed by atoms with Crippen LogP contribution in [0.25, 0.3) is 22.5 Å². The van der Waals surface area contributed by atoms with E-state index in [2.05, 4.69) is 4.98 Å². The molecule has 3 rings (SSSR count). The third kappa shape index (κ3) is 3.74. The van der Waals surface area contributed by atoms with Gasteiger partial charge in [-0.3, -0.25) is 9.78 Å². The number of rotatable bonds is 5. The molecule has 4 heteroatoms. The molecular formula is C21H20N2O2. The van der Waals surface area contributed by atoms with Gasteiger partial charge in [-0.25, -0.2) is 4.98 Å². The largest absolute Gasteiger partial charge is 0.465 e. The minimum absolute atomic E-state index is 0.289. The highest BCUT2D eigenvalue weighted by Gasteiger charge is 2.21. The number of carbonyl (C=O) groups excluding carboxylic acids is 1. The van der Waals surface area contributed by atoms with Crippen molar-refractivity contribution in [3.63, 3.8) is 0 Å². The average Bonchev–Trinajstić information content (AvgIpc) is 2.68. The van der Waals surface area contributed by atoms with Crippen molar-refractivity contribution in [1.82, 2.24) is 9.97 Å². The van der Waals surface area contributed by atoms with Gasteiger partial charge in [0.05, 0.1) is 35.8 Å². The first-order valence-corrected chi connectivity index (χ1v) is 8.35. The first-order valence-electron chi connectivity index (χ1n) is 8.35. The second kappa shape index (κ2) is 7.71. The van der Waals surface area contributed by atoms with E-state index in [0.29, 0.717) is 12.3 Å². The Labute approximate surface area is 147 Å². The Morgan fingerprint density at radius 1 is 0.960 bits per heavy atom. The molecule has 0 aliphatic heterocycles. The van der Waals surface area contributed by atoms with Crippen LogP contribution in [-0.2, 0) is 9.53 Å². The van der Waals surface area contributed by atoms with E-state index in [1.54, 1.807) is 20.0 Å². The highest BCUT2D eigenvalue weighted by molar-refractivity contribution is 5.80. The van der Waals surface area contributed by atoms with Crippen LogP contribution in [0.5, 0.6) is 0 Å². The molecule has 1 aromatic heterocycles. The van der Waals surface area contributed by atoms with Gasteiger partial charge in [0.25, 0.3) is 0 Å². The van der Waals surface area contributed by atoms with Crippen LogP contribution in [0.15, 0.2) is 66.9 Å². The Morgan fingerprint density at radius 2 is 1.52 bits per heavy atom. The summed E-state index contributed by atoms with van der Waals surface area (Å²) >= 11 is 0. The lowest BCUT2D eigenvalue weighted by atomic mass is 10.0. The van der Waals surface area contributed by atoms with Crippen LogP contribution in [0.4, 0.5) is 0 Å². The molecule has 1 atom stereocenters. The molecule has 0 amide bonds. The van der Waals surface area contributed by atoms with Gasteiger partial charge in [-0.2, -0.15) is 0 Å². The van der Waals surface area contributed by atoms with Crippen molar-refractivity contribution in [2.75, 3.05) is 6.61 Å². The van der Waals surface area contributed by atoms with Gasteiger partial charge in [0.1, 0.15) is 0 Å². The smallest absolute Gasteiger partial charge is 0.314 e. The number of esters is 1. The molecular weight excluding hydrogens is 312 g/mol. The molecule has 0 spiro atoms. The van der Waals surface area contributed by atoms with Crippen molar-refractivity contribution in [2.24, 2.45) is 0 Å². The molecule has 3 aromatic rings. The molecule has 4 nitrogen and oxygen atoms in total. The zero-order chi connectivity index (χ0) is 17.6. The summed E-state index contributed by atoms with van der Waals surface area (Å²) in [6.07, 6.45) is 1.66. The Balaban J connectivity index is 2.10. The molecule has 0 N–H and O–H groups in total. The molecule has 0 saturated carbocycles. The van der Waals surface area contributed by atoms with Crippen LogP contribution in [-0.4, -0.2) is 22.5 Å². The molecule has 2 aromatic carbocycles. The minimum atomic E-state index is -0.459. The van der Waals surface area contributed by atoms with Gasteiger partial charge in [0.15, 0.2) is 0 Å². The van der Waals surface area contributed by atoms with Crippen LogP contribution in [0.1, 0.15) is 25.5 Å². The summed E-state index contributed by atoms with van der Waals surface area (Å²) in [5.74, 6) is -0.747. The lowest BCUT2D eigenvalue weighted by Gasteiger charge is -2.14. The summed E-state index contributed by atoms with van der Waals surface area (Å²) in [6, 6.07) is 19.8. The molecule has 0 fully saturated rings. The second-order valence-corrected chi connectivity index (χ2v) is 5.70. The fourth-order valence-electron chi connectivity index (χ4n) is 2.60. The third-order valence-corrected chi connectivity index (χ3v) is 3.97. The first-order chi connectivity index (χ1) is 12.2. The fourth-order valence-corrected chi connectivity index (χ4v) is 2.60. The molecule has 0 aliphatic rings. The maximum Gasteiger partial charge on any atom is 0.314 e. The minimum Gasteiger partial charge on any atom is -0.465 e. The molecule has 1 heterocycles. The van der Waals surface area contributed by atoms with Crippen molar-refractivity contribution in [3.8, 4) is 22.5 Å². The van der Waals surface area contributed by atoms with E-state index in [9.17, 15) is 4.79 Å². The Hall–Kier alpha value is -3.01. The van der Waals surface area contributed by atoms with E-state index in [1.807, 2.05) is 60.7 Å². The zero-order valence-electron chi connectivity index (χ0n) is 14.3. The molecule has 0 saturated heterocycles. The molecule has 1 unspecified atom stereocenters. The van der Waals surface area contributed by atoms with Crippen LogP contribution in [0.2, 0.25) is 0 Å². The number of carbonyl (C=O) groups is 1. The Kier molecular flexibility index (Phi) is 5.19. The quantitative estimate of drug-likeness (QED) is 0.647. The summed E-state index contributed by atoms with van der Waals surface area (Å²) in [5, 5.41) is 0. The van der Waals surface area contributed by atoms with E-state index in [4.69, 9.17) is 9.72 Å². The highest BCUT2D eigenvalue weighted by Crippen LogP contribution is 2.30. The van der Waals surface area contributed by atoms with E-state index < -0.39 is 5.92 Å². The monoisotopic (exact) mass is 332 g/mol. The molecule has 25 heavy (non-hydrogen) atoms. The Bertz CT molecular complexity index is 848. The standard InChI is InChI=1S/C21H20N2O2/c1-3-25-21(24)15(2)18-14-22-19(16-10-6-4-7-11-16)20(23-18)17-12-8-5-9-13-17/h4-15H,3H2,1-2H3. The van der Waals surface area contributed by atoms with Gasteiger partial charge >= 0.3 is 5.97 Å². The molecule has 126 valence electrons. The predicted octanol–water partition coefficient (Wildman–Crippen LogP) is 4.48. The molecule has 0 aliphatic carbocycles. The van der Waals surface area contributed by atoms with Crippen molar-refractivity contribution in [3.05, 3.63) is 72.6 Å². The van der Waals surface area contributed by atoms with Crippen molar-refractivity contribution in [1.29, 1.82) is 0 Å². The number of benzene rings is 2. The number of hydrogen-bond acceptors (Lipinski definition) is 4. The molecule has 0 radical (unpaired) electrons. The lowest BCUT2D eigenvalue weighted by molar-refractivity contribution is -0.144. The Morgan fingerprint density at radius 3 is 2.08 bits per heavy atom. The van der Waals surface area contributed by atoms with Crippen LogP contribution < -0.4 is 0 Å². The van der Waals surface area contributed by atoms with Crippen molar-refractivity contribution >= 4 is 5.97 Å². The first kappa shape index (κ1) is 16.8. The van der Waals surface area contributed by atoms with Gasteiger partial charge < -0.3 is 4.74 Å². The number of aromatic nitrogens is 2. The normalized spacial score (nSPS) is 11.8. The van der Waals surface area contributed by atoms with E-state index >= 15 is 0 Å². The fraction of sp³-hybridized carbons (Fsp3) is 0.190. The topological polar surface area (TPSA) is 52.1 Å².